The summed E-state index contributed by atoms with van der Waals surface area (Å²) in [5, 5.41) is 8.39. The molecule has 9 heavy (non-hydrogen) atoms. The minimum absolute atomic E-state index is 0.369. The van der Waals surface area contributed by atoms with Crippen molar-refractivity contribution >= 4 is 5.97 Å². The highest BCUT2D eigenvalue weighted by Crippen LogP contribution is 2.38. The van der Waals surface area contributed by atoms with E-state index >= 15 is 0 Å². The van der Waals surface area contributed by atoms with Crippen LogP contribution < -0.4 is 0 Å². The van der Waals surface area contributed by atoms with Crippen LogP contribution in [0, 0.1) is 0 Å². The number of rotatable bonds is 2. The monoisotopic (exact) mass is 130 g/mol. The summed E-state index contributed by atoms with van der Waals surface area (Å²) in [6.07, 6.45) is 0.215. The lowest BCUT2D eigenvalue weighted by atomic mass is 10.1. The van der Waals surface area contributed by atoms with Crippen molar-refractivity contribution in [3.63, 3.8) is 0 Å². The Morgan fingerprint density at radius 2 is 2.44 bits per heavy atom. The van der Waals surface area contributed by atoms with Gasteiger partial charge in [0, 0.05) is 0 Å². The SMILES string of the molecule is CCC1(C)OC1C(=O)O. The molecule has 0 aromatic carbocycles. The van der Waals surface area contributed by atoms with Crippen LogP contribution in [0.1, 0.15) is 20.3 Å². The summed E-state index contributed by atoms with van der Waals surface area (Å²) in [4.78, 5) is 10.2. The predicted molar refractivity (Wildman–Crippen MR) is 31.2 cm³/mol. The van der Waals surface area contributed by atoms with Gasteiger partial charge in [-0.05, 0) is 13.3 Å². The lowest BCUT2D eigenvalue weighted by Crippen LogP contribution is -2.15. The fourth-order valence-electron chi connectivity index (χ4n) is 0.816. The number of aliphatic carboxylic acids is 1. The number of carbonyl (C=O) groups is 1. The maximum atomic E-state index is 10.2. The van der Waals surface area contributed by atoms with Crippen molar-refractivity contribution in [1.29, 1.82) is 0 Å². The molecule has 1 rings (SSSR count). The summed E-state index contributed by atoms with van der Waals surface area (Å²) in [6.45, 7) is 3.73. The molecule has 3 nitrogen and oxygen atoms in total. The highest BCUT2D eigenvalue weighted by Gasteiger charge is 2.55. The Morgan fingerprint density at radius 3 is 2.56 bits per heavy atom. The number of epoxide rings is 1. The van der Waals surface area contributed by atoms with Crippen LogP contribution in [0.15, 0.2) is 0 Å². The molecule has 52 valence electrons. The van der Waals surface area contributed by atoms with Gasteiger partial charge >= 0.3 is 5.97 Å². The first-order valence-corrected chi connectivity index (χ1v) is 3.01. The molecule has 0 aromatic heterocycles. The van der Waals surface area contributed by atoms with Crippen LogP contribution >= 0.6 is 0 Å². The van der Waals surface area contributed by atoms with Gasteiger partial charge in [-0.2, -0.15) is 0 Å². The summed E-state index contributed by atoms with van der Waals surface area (Å²) in [5.74, 6) is -0.848. The molecule has 1 fully saturated rings. The van der Waals surface area contributed by atoms with Crippen molar-refractivity contribution in [2.45, 2.75) is 32.0 Å². The fraction of sp³-hybridized carbons (Fsp3) is 0.833. The molecule has 2 atom stereocenters. The van der Waals surface area contributed by atoms with Gasteiger partial charge in [-0.25, -0.2) is 4.79 Å². The van der Waals surface area contributed by atoms with E-state index < -0.39 is 12.1 Å². The van der Waals surface area contributed by atoms with E-state index in [9.17, 15) is 4.79 Å². The van der Waals surface area contributed by atoms with Gasteiger partial charge in [-0.3, -0.25) is 0 Å². The van der Waals surface area contributed by atoms with Gasteiger partial charge in [0.15, 0.2) is 6.10 Å². The number of hydrogen-bond acceptors (Lipinski definition) is 2. The second-order valence-electron chi connectivity index (χ2n) is 2.50. The molecule has 0 aromatic rings. The van der Waals surface area contributed by atoms with E-state index in [1.807, 2.05) is 13.8 Å². The first kappa shape index (κ1) is 6.55. The van der Waals surface area contributed by atoms with Crippen molar-refractivity contribution in [2.24, 2.45) is 0 Å². The Labute approximate surface area is 53.6 Å². The van der Waals surface area contributed by atoms with Crippen molar-refractivity contribution in [1.82, 2.24) is 0 Å². The lowest BCUT2D eigenvalue weighted by molar-refractivity contribution is -0.138. The Bertz CT molecular complexity index is 143. The maximum absolute atomic E-state index is 10.2. The van der Waals surface area contributed by atoms with Crippen LogP contribution in [-0.4, -0.2) is 22.8 Å². The van der Waals surface area contributed by atoms with Gasteiger partial charge in [-0.1, -0.05) is 6.92 Å². The van der Waals surface area contributed by atoms with Crippen molar-refractivity contribution < 1.29 is 14.6 Å². The van der Waals surface area contributed by atoms with Crippen LogP contribution in [0.3, 0.4) is 0 Å². The topological polar surface area (TPSA) is 49.8 Å². The Hall–Kier alpha value is -0.570. The number of carboxylic acid groups (broad SMARTS) is 1. The minimum atomic E-state index is -0.848. The molecule has 1 heterocycles. The molecule has 1 aliphatic rings. The smallest absolute Gasteiger partial charge is 0.335 e. The molecular formula is C6H10O3. The second kappa shape index (κ2) is 1.70. The van der Waals surface area contributed by atoms with Crippen molar-refractivity contribution in [2.75, 3.05) is 0 Å². The lowest BCUT2D eigenvalue weighted by Gasteiger charge is -1.95. The Kier molecular flexibility index (Phi) is 1.24. The average Bonchev–Trinajstić information content (AvgIpc) is 2.44. The highest BCUT2D eigenvalue weighted by molar-refractivity contribution is 5.76. The van der Waals surface area contributed by atoms with Gasteiger partial charge in [-0.15, -0.1) is 0 Å². The zero-order valence-corrected chi connectivity index (χ0v) is 5.55. The van der Waals surface area contributed by atoms with Crippen LogP contribution in [0.5, 0.6) is 0 Å². The number of hydrogen-bond donors (Lipinski definition) is 1. The van der Waals surface area contributed by atoms with E-state index in [1.54, 1.807) is 0 Å². The average molecular weight is 130 g/mol. The number of carboxylic acids is 1. The zero-order chi connectivity index (χ0) is 7.07. The number of ether oxygens (including phenoxy) is 1. The Balaban J connectivity index is 2.48. The molecule has 2 unspecified atom stereocenters. The van der Waals surface area contributed by atoms with Crippen LogP contribution in [0.4, 0.5) is 0 Å². The highest BCUT2D eigenvalue weighted by atomic mass is 16.6. The summed E-state index contributed by atoms with van der Waals surface area (Å²) in [5.41, 5.74) is -0.369. The first-order chi connectivity index (χ1) is 4.10. The van der Waals surface area contributed by atoms with Gasteiger partial charge < -0.3 is 9.84 Å². The van der Waals surface area contributed by atoms with E-state index in [0.29, 0.717) is 0 Å². The van der Waals surface area contributed by atoms with E-state index in [-0.39, 0.29) is 5.60 Å². The van der Waals surface area contributed by atoms with Crippen LogP contribution in [0.25, 0.3) is 0 Å². The summed E-state index contributed by atoms with van der Waals surface area (Å²) >= 11 is 0. The van der Waals surface area contributed by atoms with E-state index in [4.69, 9.17) is 9.84 Å². The van der Waals surface area contributed by atoms with E-state index in [2.05, 4.69) is 0 Å². The Morgan fingerprint density at radius 1 is 1.89 bits per heavy atom. The van der Waals surface area contributed by atoms with Gasteiger partial charge in [0.25, 0.3) is 0 Å². The molecular weight excluding hydrogens is 120 g/mol. The predicted octanol–water partition coefficient (Wildman–Crippen LogP) is 0.639. The standard InChI is InChI=1S/C6H10O3/c1-3-6(2)4(9-6)5(7)8/h4H,3H2,1-2H3,(H,7,8). The van der Waals surface area contributed by atoms with Crippen LogP contribution in [0.2, 0.25) is 0 Å². The van der Waals surface area contributed by atoms with E-state index in [0.717, 1.165) is 6.42 Å². The van der Waals surface area contributed by atoms with E-state index in [1.165, 1.54) is 0 Å². The van der Waals surface area contributed by atoms with Crippen molar-refractivity contribution in [3.8, 4) is 0 Å². The molecule has 0 spiro atoms. The molecule has 0 aliphatic carbocycles. The summed E-state index contributed by atoms with van der Waals surface area (Å²) in [7, 11) is 0. The molecule has 0 amide bonds. The summed E-state index contributed by atoms with van der Waals surface area (Å²) < 4.78 is 4.92. The largest absolute Gasteiger partial charge is 0.479 e. The molecule has 3 heteroatoms. The minimum Gasteiger partial charge on any atom is -0.479 e. The first-order valence-electron chi connectivity index (χ1n) is 3.01. The molecule has 0 bridgehead atoms. The van der Waals surface area contributed by atoms with Crippen LogP contribution in [-0.2, 0) is 9.53 Å². The fourth-order valence-corrected chi connectivity index (χ4v) is 0.816. The molecule has 1 N–H and O–H groups in total. The third kappa shape index (κ3) is 0.920. The second-order valence-corrected chi connectivity index (χ2v) is 2.50. The maximum Gasteiger partial charge on any atom is 0.335 e. The van der Waals surface area contributed by atoms with Gasteiger partial charge in [0.2, 0.25) is 0 Å². The third-order valence-electron chi connectivity index (χ3n) is 1.81. The molecule has 0 radical (unpaired) electrons. The summed E-state index contributed by atoms with van der Waals surface area (Å²) in [6, 6.07) is 0. The molecule has 0 saturated carbocycles. The molecule has 1 aliphatic heterocycles. The van der Waals surface area contributed by atoms with Crippen molar-refractivity contribution in [3.05, 3.63) is 0 Å². The normalized spacial score (nSPS) is 40.4. The third-order valence-corrected chi connectivity index (χ3v) is 1.81. The van der Waals surface area contributed by atoms with Gasteiger partial charge in [0.1, 0.15) is 5.60 Å². The zero-order valence-electron chi connectivity index (χ0n) is 5.55. The van der Waals surface area contributed by atoms with Gasteiger partial charge in [0.05, 0.1) is 0 Å². The molecule has 1 saturated heterocycles. The quantitative estimate of drug-likeness (QED) is 0.558.